The Morgan fingerprint density at radius 3 is 2.59 bits per heavy atom. The molecule has 0 atom stereocenters. The summed E-state index contributed by atoms with van der Waals surface area (Å²) in [4.78, 5) is 7.81. The molecule has 88 valence electrons. The molecule has 0 saturated heterocycles. The van der Waals surface area contributed by atoms with Crippen LogP contribution in [-0.2, 0) is 0 Å². The first-order chi connectivity index (χ1) is 8.22. The Labute approximate surface area is 112 Å². The highest BCUT2D eigenvalue weighted by atomic mass is 79.9. The third-order valence-electron chi connectivity index (χ3n) is 1.99. The predicted octanol–water partition coefficient (Wildman–Crippen LogP) is 3.69. The molecule has 17 heavy (non-hydrogen) atoms. The van der Waals surface area contributed by atoms with Gasteiger partial charge in [-0.3, -0.25) is 0 Å². The van der Waals surface area contributed by atoms with Crippen molar-refractivity contribution < 1.29 is 9.47 Å². The summed E-state index contributed by atoms with van der Waals surface area (Å²) < 4.78 is 11.3. The SMILES string of the molecule is COc1ccccc1Oc1ncnc(Cl)c1Br. The Morgan fingerprint density at radius 2 is 1.88 bits per heavy atom. The normalized spacial score (nSPS) is 10.1. The zero-order valence-electron chi connectivity index (χ0n) is 8.85. The summed E-state index contributed by atoms with van der Waals surface area (Å²) in [6, 6.07) is 7.27. The van der Waals surface area contributed by atoms with Crippen molar-refractivity contribution in [3.63, 3.8) is 0 Å². The fourth-order valence-electron chi connectivity index (χ4n) is 1.21. The molecule has 6 heteroatoms. The highest BCUT2D eigenvalue weighted by molar-refractivity contribution is 9.10. The van der Waals surface area contributed by atoms with E-state index in [1.165, 1.54) is 6.33 Å². The van der Waals surface area contributed by atoms with Gasteiger partial charge in [0.25, 0.3) is 0 Å². The molecule has 0 spiro atoms. The largest absolute Gasteiger partial charge is 0.493 e. The van der Waals surface area contributed by atoms with E-state index < -0.39 is 0 Å². The second-order valence-corrected chi connectivity index (χ2v) is 4.19. The number of halogens is 2. The molecule has 0 aliphatic rings. The molecule has 0 fully saturated rings. The maximum atomic E-state index is 5.84. The van der Waals surface area contributed by atoms with Gasteiger partial charge in [-0.15, -0.1) is 0 Å². The molecular formula is C11H8BrClN2O2. The smallest absolute Gasteiger partial charge is 0.238 e. The van der Waals surface area contributed by atoms with E-state index in [0.717, 1.165) is 0 Å². The minimum absolute atomic E-state index is 0.296. The van der Waals surface area contributed by atoms with E-state index in [1.807, 2.05) is 12.1 Å². The van der Waals surface area contributed by atoms with E-state index in [-0.39, 0.29) is 0 Å². The van der Waals surface area contributed by atoms with Crippen LogP contribution in [0.4, 0.5) is 0 Å². The highest BCUT2D eigenvalue weighted by Gasteiger charge is 2.11. The molecule has 0 N–H and O–H groups in total. The zero-order chi connectivity index (χ0) is 12.3. The number of hydrogen-bond donors (Lipinski definition) is 0. The van der Waals surface area contributed by atoms with Gasteiger partial charge in [-0.2, -0.15) is 0 Å². The minimum atomic E-state index is 0.296. The van der Waals surface area contributed by atoms with E-state index in [9.17, 15) is 0 Å². The van der Waals surface area contributed by atoms with Gasteiger partial charge in [-0.25, -0.2) is 9.97 Å². The van der Waals surface area contributed by atoms with Crippen LogP contribution in [0.2, 0.25) is 5.15 Å². The van der Waals surface area contributed by atoms with Crippen LogP contribution in [0.1, 0.15) is 0 Å². The summed E-state index contributed by atoms with van der Waals surface area (Å²) in [6.07, 6.45) is 1.33. The summed E-state index contributed by atoms with van der Waals surface area (Å²) >= 11 is 9.11. The Bertz CT molecular complexity index is 537. The molecule has 1 aromatic heterocycles. The average Bonchev–Trinajstić information content (AvgIpc) is 2.35. The number of nitrogens with zero attached hydrogens (tertiary/aromatic N) is 2. The van der Waals surface area contributed by atoms with Crippen LogP contribution >= 0.6 is 27.5 Å². The third kappa shape index (κ3) is 2.68. The first kappa shape index (κ1) is 12.1. The number of para-hydroxylation sites is 2. The number of rotatable bonds is 3. The molecule has 0 saturated carbocycles. The fourth-order valence-corrected chi connectivity index (χ4v) is 1.62. The maximum absolute atomic E-state index is 5.84. The first-order valence-electron chi connectivity index (χ1n) is 4.69. The van der Waals surface area contributed by atoms with Crippen LogP contribution < -0.4 is 9.47 Å². The lowest BCUT2D eigenvalue weighted by Gasteiger charge is -2.10. The van der Waals surface area contributed by atoms with Crippen molar-refractivity contribution in [1.82, 2.24) is 9.97 Å². The maximum Gasteiger partial charge on any atom is 0.238 e. The van der Waals surface area contributed by atoms with Gasteiger partial charge in [0.2, 0.25) is 5.88 Å². The van der Waals surface area contributed by atoms with Crippen LogP contribution in [0.5, 0.6) is 17.4 Å². The second-order valence-electron chi connectivity index (χ2n) is 3.04. The van der Waals surface area contributed by atoms with Crippen molar-refractivity contribution in [3.8, 4) is 17.4 Å². The van der Waals surface area contributed by atoms with Crippen molar-refractivity contribution in [3.05, 3.63) is 40.2 Å². The molecule has 2 aromatic rings. The lowest BCUT2D eigenvalue weighted by atomic mass is 10.3. The van der Waals surface area contributed by atoms with E-state index in [0.29, 0.717) is 27.0 Å². The summed E-state index contributed by atoms with van der Waals surface area (Å²) in [5, 5.41) is 0.296. The summed E-state index contributed by atoms with van der Waals surface area (Å²) in [5.74, 6) is 1.52. The standard InChI is InChI=1S/C11H8BrClN2O2/c1-16-7-4-2-3-5-8(7)17-11-9(12)10(13)14-6-15-11/h2-6H,1H3. The van der Waals surface area contributed by atoms with Gasteiger partial charge in [-0.1, -0.05) is 23.7 Å². The lowest BCUT2D eigenvalue weighted by Crippen LogP contribution is -1.93. The monoisotopic (exact) mass is 314 g/mol. The lowest BCUT2D eigenvalue weighted by molar-refractivity contribution is 0.373. The summed E-state index contributed by atoms with van der Waals surface area (Å²) in [6.45, 7) is 0. The highest BCUT2D eigenvalue weighted by Crippen LogP contribution is 2.35. The second kappa shape index (κ2) is 5.33. The van der Waals surface area contributed by atoms with Crippen molar-refractivity contribution in [2.75, 3.05) is 7.11 Å². The van der Waals surface area contributed by atoms with Crippen molar-refractivity contribution >= 4 is 27.5 Å². The molecule has 2 rings (SSSR count). The topological polar surface area (TPSA) is 44.2 Å². The molecule has 1 heterocycles. The van der Waals surface area contributed by atoms with E-state index in [4.69, 9.17) is 21.1 Å². The molecule has 0 aliphatic heterocycles. The summed E-state index contributed by atoms with van der Waals surface area (Å²) in [7, 11) is 1.57. The van der Waals surface area contributed by atoms with Gasteiger partial charge in [0, 0.05) is 0 Å². The predicted molar refractivity (Wildman–Crippen MR) is 67.8 cm³/mol. The molecule has 4 nitrogen and oxygen atoms in total. The van der Waals surface area contributed by atoms with Gasteiger partial charge in [0.1, 0.15) is 10.8 Å². The third-order valence-corrected chi connectivity index (χ3v) is 3.22. The number of ether oxygens (including phenoxy) is 2. The minimum Gasteiger partial charge on any atom is -0.493 e. The van der Waals surface area contributed by atoms with E-state index in [2.05, 4.69) is 25.9 Å². The zero-order valence-corrected chi connectivity index (χ0v) is 11.2. The Hall–Kier alpha value is -1.33. The Kier molecular flexibility index (Phi) is 3.81. The Balaban J connectivity index is 2.35. The first-order valence-corrected chi connectivity index (χ1v) is 5.86. The summed E-state index contributed by atoms with van der Waals surface area (Å²) in [5.41, 5.74) is 0. The average molecular weight is 316 g/mol. The number of methoxy groups -OCH3 is 1. The molecule has 0 bridgehead atoms. The van der Waals surface area contributed by atoms with Crippen LogP contribution in [0.25, 0.3) is 0 Å². The van der Waals surface area contributed by atoms with Crippen LogP contribution in [0.3, 0.4) is 0 Å². The fraction of sp³-hybridized carbons (Fsp3) is 0.0909. The van der Waals surface area contributed by atoms with E-state index in [1.54, 1.807) is 19.2 Å². The van der Waals surface area contributed by atoms with Gasteiger partial charge < -0.3 is 9.47 Å². The van der Waals surface area contributed by atoms with Crippen LogP contribution in [0.15, 0.2) is 35.1 Å². The van der Waals surface area contributed by atoms with Gasteiger partial charge >= 0.3 is 0 Å². The van der Waals surface area contributed by atoms with Crippen molar-refractivity contribution in [2.45, 2.75) is 0 Å². The van der Waals surface area contributed by atoms with Crippen molar-refractivity contribution in [1.29, 1.82) is 0 Å². The number of benzene rings is 1. The molecular weight excluding hydrogens is 307 g/mol. The van der Waals surface area contributed by atoms with Gasteiger partial charge in [0.15, 0.2) is 16.7 Å². The molecule has 0 amide bonds. The van der Waals surface area contributed by atoms with Crippen molar-refractivity contribution in [2.24, 2.45) is 0 Å². The van der Waals surface area contributed by atoms with Crippen LogP contribution in [-0.4, -0.2) is 17.1 Å². The molecule has 0 radical (unpaired) electrons. The van der Waals surface area contributed by atoms with E-state index >= 15 is 0 Å². The number of aromatic nitrogens is 2. The molecule has 1 aromatic carbocycles. The quantitative estimate of drug-likeness (QED) is 0.810. The molecule has 0 unspecified atom stereocenters. The van der Waals surface area contributed by atoms with Crippen LogP contribution in [0, 0.1) is 0 Å². The Morgan fingerprint density at radius 1 is 1.18 bits per heavy atom. The van der Waals surface area contributed by atoms with Gasteiger partial charge in [0.05, 0.1) is 7.11 Å². The molecule has 0 aliphatic carbocycles. The van der Waals surface area contributed by atoms with Gasteiger partial charge in [-0.05, 0) is 28.1 Å². The number of hydrogen-bond acceptors (Lipinski definition) is 4.